The zero-order valence-corrected chi connectivity index (χ0v) is 34.5. The van der Waals surface area contributed by atoms with Crippen LogP contribution in [0.25, 0.3) is 66.1 Å². The summed E-state index contributed by atoms with van der Waals surface area (Å²) in [5.74, 6) is 0. The largest absolute Gasteiger partial charge is 0.310 e. The third kappa shape index (κ3) is 6.10. The Balaban J connectivity index is 1.08. The van der Waals surface area contributed by atoms with Crippen LogP contribution in [0.15, 0.2) is 235 Å². The number of para-hydroxylation sites is 1. The van der Waals surface area contributed by atoms with Crippen LogP contribution in [0.2, 0.25) is 0 Å². The molecule has 0 fully saturated rings. The van der Waals surface area contributed by atoms with Crippen LogP contribution in [0.4, 0.5) is 17.1 Å². The molecule has 0 spiro atoms. The van der Waals surface area contributed by atoms with Crippen LogP contribution in [0.1, 0.15) is 36.8 Å². The molecule has 0 N–H and O–H groups in total. The smallest absolute Gasteiger partial charge is 0.0542 e. The molecule has 0 atom stereocenters. The average Bonchev–Trinajstić information content (AvgIpc) is 3.85. The Labute approximate surface area is 363 Å². The summed E-state index contributed by atoms with van der Waals surface area (Å²) >= 11 is 0. The van der Waals surface area contributed by atoms with Gasteiger partial charge in [0.05, 0.1) is 11.0 Å². The highest BCUT2D eigenvalue weighted by Gasteiger charge is 2.30. The lowest BCUT2D eigenvalue weighted by Gasteiger charge is -2.27. The lowest BCUT2D eigenvalue weighted by Crippen LogP contribution is -2.10. The minimum atomic E-state index is 1.03. The Kier molecular flexibility index (Phi) is 8.81. The quantitative estimate of drug-likeness (QED) is 0.156. The van der Waals surface area contributed by atoms with Gasteiger partial charge in [-0.25, -0.2) is 0 Å². The standard InChI is InChI=1S/C60H44N2/c1-4-16-41(17-5-1)43-28-31-47(32-29-43)61(50-35-37-58-55(39-50)53-25-14-15-27-57(53)62(58)48-33-30-42-18-10-11-23-46(42)38-48)49-34-36-52-51-24-12-13-26-54(51)60(56(52)40-49)59(44-19-6-2-7-20-44)45-21-8-3-9-22-45/h1-2,4-6,8,10-19,21-40H,3,7,9,20H2/b60-59+. The molecule has 1 heterocycles. The Bertz CT molecular complexity index is 3390. The number of hydrogen-bond acceptors (Lipinski definition) is 1. The summed E-state index contributed by atoms with van der Waals surface area (Å²) in [6.07, 6.45) is 18.3. The molecule has 8 aromatic carbocycles. The number of anilines is 3. The van der Waals surface area contributed by atoms with Gasteiger partial charge in [-0.1, -0.05) is 158 Å². The van der Waals surface area contributed by atoms with Crippen molar-refractivity contribution in [2.45, 2.75) is 25.7 Å². The van der Waals surface area contributed by atoms with Crippen molar-refractivity contribution in [2.24, 2.45) is 0 Å². The second-order valence-electron chi connectivity index (χ2n) is 16.7. The van der Waals surface area contributed by atoms with E-state index in [1.807, 2.05) is 0 Å². The number of benzene rings is 8. The van der Waals surface area contributed by atoms with Gasteiger partial charge in [-0.2, -0.15) is 0 Å². The maximum absolute atomic E-state index is 2.46. The zero-order valence-electron chi connectivity index (χ0n) is 34.5. The molecule has 0 bridgehead atoms. The highest BCUT2D eigenvalue weighted by atomic mass is 15.1. The van der Waals surface area contributed by atoms with E-state index in [2.05, 4.69) is 228 Å². The summed E-state index contributed by atoms with van der Waals surface area (Å²) in [5, 5.41) is 4.94. The van der Waals surface area contributed by atoms with Crippen molar-refractivity contribution in [3.05, 3.63) is 246 Å². The van der Waals surface area contributed by atoms with Crippen molar-refractivity contribution < 1.29 is 0 Å². The Morgan fingerprint density at radius 3 is 2.02 bits per heavy atom. The van der Waals surface area contributed by atoms with Gasteiger partial charge in [0.1, 0.15) is 0 Å². The van der Waals surface area contributed by atoms with Gasteiger partial charge in [-0.15, -0.1) is 0 Å². The number of hydrogen-bond donors (Lipinski definition) is 0. The Morgan fingerprint density at radius 2 is 1.18 bits per heavy atom. The van der Waals surface area contributed by atoms with E-state index in [-0.39, 0.29) is 0 Å². The molecule has 2 nitrogen and oxygen atoms in total. The molecule has 0 aliphatic heterocycles. The fourth-order valence-electron chi connectivity index (χ4n) is 10.1. The lowest BCUT2D eigenvalue weighted by atomic mass is 9.83. The van der Waals surface area contributed by atoms with Crippen LogP contribution in [0, 0.1) is 0 Å². The van der Waals surface area contributed by atoms with Crippen LogP contribution in [0.3, 0.4) is 0 Å². The second-order valence-corrected chi connectivity index (χ2v) is 16.7. The third-order valence-corrected chi connectivity index (χ3v) is 13.0. The minimum Gasteiger partial charge on any atom is -0.310 e. The van der Waals surface area contributed by atoms with E-state index >= 15 is 0 Å². The van der Waals surface area contributed by atoms with Crippen molar-refractivity contribution in [3.8, 4) is 27.9 Å². The molecule has 0 amide bonds. The molecular weight excluding hydrogens is 749 g/mol. The van der Waals surface area contributed by atoms with Crippen molar-refractivity contribution in [1.82, 2.24) is 4.57 Å². The second kappa shape index (κ2) is 15.1. The van der Waals surface area contributed by atoms with Gasteiger partial charge < -0.3 is 9.47 Å². The monoisotopic (exact) mass is 792 g/mol. The van der Waals surface area contributed by atoms with Crippen LogP contribution in [-0.4, -0.2) is 4.57 Å². The van der Waals surface area contributed by atoms with E-state index in [1.165, 1.54) is 88.3 Å². The summed E-state index contributed by atoms with van der Waals surface area (Å²) in [6.45, 7) is 0. The summed E-state index contributed by atoms with van der Waals surface area (Å²) in [5.41, 5.74) is 20.0. The molecule has 0 radical (unpaired) electrons. The van der Waals surface area contributed by atoms with Crippen LogP contribution >= 0.6 is 0 Å². The first-order valence-electron chi connectivity index (χ1n) is 22.0. The number of aromatic nitrogens is 1. The van der Waals surface area contributed by atoms with Gasteiger partial charge in [0.15, 0.2) is 0 Å². The predicted octanol–water partition coefficient (Wildman–Crippen LogP) is 16.4. The molecule has 0 saturated carbocycles. The summed E-state index contributed by atoms with van der Waals surface area (Å²) in [4.78, 5) is 2.46. The van der Waals surface area contributed by atoms with E-state index in [4.69, 9.17) is 0 Å². The van der Waals surface area contributed by atoms with Gasteiger partial charge >= 0.3 is 0 Å². The van der Waals surface area contributed by atoms with E-state index in [9.17, 15) is 0 Å². The number of allylic oxidation sites excluding steroid dienone is 9. The maximum Gasteiger partial charge on any atom is 0.0542 e. The summed E-state index contributed by atoms with van der Waals surface area (Å²) in [6, 6.07) is 67.2. The molecule has 62 heavy (non-hydrogen) atoms. The van der Waals surface area contributed by atoms with E-state index in [1.54, 1.807) is 0 Å². The number of nitrogens with zero attached hydrogens (tertiary/aromatic N) is 2. The molecule has 0 saturated heterocycles. The third-order valence-electron chi connectivity index (χ3n) is 13.0. The first-order chi connectivity index (χ1) is 30.8. The van der Waals surface area contributed by atoms with E-state index < -0.39 is 0 Å². The molecule has 12 rings (SSSR count). The predicted molar refractivity (Wildman–Crippen MR) is 263 cm³/mol. The zero-order chi connectivity index (χ0) is 41.0. The number of rotatable bonds is 7. The van der Waals surface area contributed by atoms with Crippen LogP contribution in [0.5, 0.6) is 0 Å². The van der Waals surface area contributed by atoms with Crippen molar-refractivity contribution in [2.75, 3.05) is 4.90 Å². The van der Waals surface area contributed by atoms with Crippen molar-refractivity contribution >= 4 is 55.2 Å². The molecule has 1 aromatic heterocycles. The summed E-state index contributed by atoms with van der Waals surface area (Å²) < 4.78 is 2.43. The van der Waals surface area contributed by atoms with Gasteiger partial charge in [0.25, 0.3) is 0 Å². The fourth-order valence-corrected chi connectivity index (χ4v) is 10.1. The van der Waals surface area contributed by atoms with Crippen LogP contribution in [-0.2, 0) is 0 Å². The van der Waals surface area contributed by atoms with E-state index in [0.717, 1.165) is 48.4 Å². The van der Waals surface area contributed by atoms with Gasteiger partial charge in [-0.3, -0.25) is 0 Å². The first-order valence-corrected chi connectivity index (χ1v) is 22.0. The normalized spacial score (nSPS) is 15.1. The molecule has 3 aliphatic rings. The molecular formula is C60H44N2. The van der Waals surface area contributed by atoms with Gasteiger partial charge in [-0.05, 0) is 153 Å². The Hall–Kier alpha value is -7.68. The SMILES string of the molecule is C1=CCCC(/C(C2=CCCC=C2)=C2/c3ccccc3-c3ccc(N(c4ccc(-c5ccccc5)cc4)c4ccc5c(c4)c4ccccc4n5-c4ccc5ccccc5c4)cc32)=C1. The highest BCUT2D eigenvalue weighted by molar-refractivity contribution is 6.11. The maximum atomic E-state index is 2.46. The fraction of sp³-hybridized carbons (Fsp3) is 0.0667. The first kappa shape index (κ1) is 36.2. The molecule has 9 aromatic rings. The highest BCUT2D eigenvalue weighted by Crippen LogP contribution is 2.51. The molecule has 3 aliphatic carbocycles. The molecule has 2 heteroatoms. The Morgan fingerprint density at radius 1 is 0.468 bits per heavy atom. The topological polar surface area (TPSA) is 8.17 Å². The number of fused-ring (bicyclic) bond motifs is 7. The van der Waals surface area contributed by atoms with E-state index in [0.29, 0.717) is 0 Å². The minimum absolute atomic E-state index is 1.03. The molecule has 0 unspecified atom stereocenters. The summed E-state index contributed by atoms with van der Waals surface area (Å²) in [7, 11) is 0. The van der Waals surface area contributed by atoms with Gasteiger partial charge in [0.2, 0.25) is 0 Å². The van der Waals surface area contributed by atoms with Crippen molar-refractivity contribution in [3.63, 3.8) is 0 Å². The lowest BCUT2D eigenvalue weighted by molar-refractivity contribution is 0.964. The molecule has 294 valence electrons. The van der Waals surface area contributed by atoms with Gasteiger partial charge in [0, 0.05) is 33.5 Å². The average molecular weight is 793 g/mol. The van der Waals surface area contributed by atoms with Crippen LogP contribution < -0.4 is 4.90 Å². The van der Waals surface area contributed by atoms with Crippen molar-refractivity contribution in [1.29, 1.82) is 0 Å².